The molecule has 8 nitrogen and oxygen atoms in total. The minimum atomic E-state index is -4.59. The first-order valence-corrected chi connectivity index (χ1v) is 25.8. The minimum absolute atomic E-state index is 0.00180. The van der Waals surface area contributed by atoms with Gasteiger partial charge in [-0.25, -0.2) is 0 Å². The number of allylic oxidation sites excluding steroid dienone is 5. The van der Waals surface area contributed by atoms with E-state index in [2.05, 4.69) is 43.5 Å². The second-order valence-electron chi connectivity index (χ2n) is 17.8. The van der Waals surface area contributed by atoms with Gasteiger partial charge in [0.2, 0.25) is 5.91 Å². The fourth-order valence-electron chi connectivity index (χ4n) is 6.95. The van der Waals surface area contributed by atoms with Gasteiger partial charge < -0.3 is 28.8 Å². The van der Waals surface area contributed by atoms with E-state index in [4.69, 9.17) is 9.05 Å². The standard InChI is InChI=1S/C49H95N2O6P/c1-6-8-10-12-14-16-18-20-22-24-25-27-29-31-33-35-37-39-41-43-49(53)50-47(46-57-58(54,55)56-45-44-51(3,4)5)48(52)42-40-38-36-34-32-30-28-26-23-21-19-17-15-13-11-9-7-2/h14,16,20,22,40,42,47-48,52H,6-13,15,17-19,21,23-39,41,43-46H2,1-5H3,(H-,50,53,54,55)/b16-14-,22-20-,42-40+. The van der Waals surface area contributed by atoms with E-state index in [9.17, 15) is 19.4 Å². The number of carbonyl (C=O) groups excluding carboxylic acids is 1. The van der Waals surface area contributed by atoms with Gasteiger partial charge in [0.15, 0.2) is 0 Å². The highest BCUT2D eigenvalue weighted by atomic mass is 31.2. The normalized spacial score (nSPS) is 14.5. The Morgan fingerprint density at radius 3 is 1.47 bits per heavy atom. The highest BCUT2D eigenvalue weighted by Crippen LogP contribution is 2.38. The van der Waals surface area contributed by atoms with Gasteiger partial charge in [-0.15, -0.1) is 0 Å². The molecule has 0 bridgehead atoms. The zero-order valence-corrected chi connectivity index (χ0v) is 39.6. The van der Waals surface area contributed by atoms with E-state index in [1.165, 1.54) is 154 Å². The van der Waals surface area contributed by atoms with Crippen LogP contribution in [0.1, 0.15) is 219 Å². The van der Waals surface area contributed by atoms with Crippen LogP contribution in [-0.4, -0.2) is 68.5 Å². The van der Waals surface area contributed by atoms with E-state index in [0.717, 1.165) is 44.9 Å². The number of unbranched alkanes of at least 4 members (excludes halogenated alkanes) is 27. The van der Waals surface area contributed by atoms with Gasteiger partial charge in [0.1, 0.15) is 13.2 Å². The van der Waals surface area contributed by atoms with E-state index in [0.29, 0.717) is 17.4 Å². The number of hydrogen-bond donors (Lipinski definition) is 2. The quantitative estimate of drug-likeness (QED) is 0.0274. The molecular formula is C49H95N2O6P. The Bertz CT molecular complexity index is 1040. The molecule has 0 rings (SSSR count). The van der Waals surface area contributed by atoms with Crippen LogP contribution in [0, 0.1) is 0 Å². The SMILES string of the molecule is CCCCC/C=C\C/C=C\CCCCCCCCCCCC(=O)NC(COP(=O)([O-])OCC[N+](C)(C)C)C(O)/C=C/CCCCCCCCCCCCCCCCC. The van der Waals surface area contributed by atoms with Crippen LogP contribution < -0.4 is 10.2 Å². The van der Waals surface area contributed by atoms with E-state index in [-0.39, 0.29) is 19.1 Å². The van der Waals surface area contributed by atoms with Gasteiger partial charge in [-0.1, -0.05) is 198 Å². The number of aliphatic hydroxyl groups is 1. The summed E-state index contributed by atoms with van der Waals surface area (Å²) in [6, 6.07) is -0.887. The number of rotatable bonds is 44. The smallest absolute Gasteiger partial charge is 0.268 e. The van der Waals surface area contributed by atoms with E-state index in [1.807, 2.05) is 27.2 Å². The highest BCUT2D eigenvalue weighted by Gasteiger charge is 2.23. The third kappa shape index (κ3) is 42.8. The Balaban J connectivity index is 4.36. The molecule has 0 aromatic rings. The van der Waals surface area contributed by atoms with Crippen LogP contribution in [0.2, 0.25) is 0 Å². The summed E-state index contributed by atoms with van der Waals surface area (Å²) in [6.07, 6.45) is 50.4. The zero-order chi connectivity index (χ0) is 42.8. The van der Waals surface area contributed by atoms with Crippen molar-refractivity contribution >= 4 is 13.7 Å². The highest BCUT2D eigenvalue weighted by molar-refractivity contribution is 7.45. The fourth-order valence-corrected chi connectivity index (χ4v) is 7.67. The number of nitrogens with one attached hydrogen (secondary N) is 1. The molecule has 9 heteroatoms. The molecule has 2 N–H and O–H groups in total. The van der Waals surface area contributed by atoms with Crippen molar-refractivity contribution in [1.29, 1.82) is 0 Å². The first-order chi connectivity index (χ1) is 28.0. The van der Waals surface area contributed by atoms with Crippen molar-refractivity contribution in [2.75, 3.05) is 40.9 Å². The Kier molecular flexibility index (Phi) is 40.2. The van der Waals surface area contributed by atoms with Crippen LogP contribution in [0.5, 0.6) is 0 Å². The van der Waals surface area contributed by atoms with Gasteiger partial charge >= 0.3 is 0 Å². The first-order valence-electron chi connectivity index (χ1n) is 24.4. The maximum absolute atomic E-state index is 12.9. The van der Waals surface area contributed by atoms with E-state index >= 15 is 0 Å². The molecule has 3 unspecified atom stereocenters. The second kappa shape index (κ2) is 41.1. The van der Waals surface area contributed by atoms with Gasteiger partial charge in [0.25, 0.3) is 7.82 Å². The molecule has 0 aliphatic carbocycles. The predicted octanol–water partition coefficient (Wildman–Crippen LogP) is 13.2. The number of aliphatic hydroxyl groups excluding tert-OH is 1. The molecule has 0 aromatic heterocycles. The summed E-state index contributed by atoms with van der Waals surface area (Å²) in [4.78, 5) is 25.4. The van der Waals surface area contributed by atoms with Crippen LogP contribution in [0.3, 0.4) is 0 Å². The Morgan fingerprint density at radius 2 is 1.00 bits per heavy atom. The summed E-state index contributed by atoms with van der Waals surface area (Å²) in [7, 11) is 1.26. The van der Waals surface area contributed by atoms with Crippen LogP contribution in [0.4, 0.5) is 0 Å². The van der Waals surface area contributed by atoms with Crippen LogP contribution >= 0.6 is 7.82 Å². The fraction of sp³-hybridized carbons (Fsp3) is 0.857. The van der Waals surface area contributed by atoms with Gasteiger partial charge in [-0.05, 0) is 51.4 Å². The van der Waals surface area contributed by atoms with Crippen molar-refractivity contribution < 1.29 is 32.9 Å². The molecule has 0 aromatic carbocycles. The van der Waals surface area contributed by atoms with Crippen molar-refractivity contribution in [1.82, 2.24) is 5.32 Å². The largest absolute Gasteiger partial charge is 0.756 e. The Hall–Kier alpha value is -1.28. The maximum Gasteiger partial charge on any atom is 0.268 e. The Morgan fingerprint density at radius 1 is 0.603 bits per heavy atom. The lowest BCUT2D eigenvalue weighted by molar-refractivity contribution is -0.870. The summed E-state index contributed by atoms with van der Waals surface area (Å²) in [6.45, 7) is 4.63. The summed E-state index contributed by atoms with van der Waals surface area (Å²) >= 11 is 0. The van der Waals surface area contributed by atoms with E-state index in [1.54, 1.807) is 6.08 Å². The molecule has 0 saturated heterocycles. The minimum Gasteiger partial charge on any atom is -0.756 e. The Labute approximate surface area is 359 Å². The number of hydrogen-bond acceptors (Lipinski definition) is 6. The molecule has 0 radical (unpaired) electrons. The zero-order valence-electron chi connectivity index (χ0n) is 38.8. The number of quaternary nitrogens is 1. The molecule has 0 fully saturated rings. The molecule has 0 aliphatic rings. The lowest BCUT2D eigenvalue weighted by atomic mass is 10.0. The molecule has 1 amide bonds. The summed E-state index contributed by atoms with van der Waals surface area (Å²) in [5, 5.41) is 13.8. The first kappa shape index (κ1) is 56.7. The molecular weight excluding hydrogens is 744 g/mol. The van der Waals surface area contributed by atoms with E-state index < -0.39 is 20.0 Å². The predicted molar refractivity (Wildman–Crippen MR) is 247 cm³/mol. The molecule has 0 spiro atoms. The van der Waals surface area contributed by atoms with Gasteiger partial charge in [0, 0.05) is 6.42 Å². The molecule has 58 heavy (non-hydrogen) atoms. The molecule has 0 aliphatic heterocycles. The maximum atomic E-state index is 12.9. The van der Waals surface area contributed by atoms with Crippen molar-refractivity contribution in [3.63, 3.8) is 0 Å². The van der Waals surface area contributed by atoms with Gasteiger partial charge in [-0.3, -0.25) is 9.36 Å². The van der Waals surface area contributed by atoms with Crippen molar-refractivity contribution in [2.45, 2.75) is 231 Å². The number of amides is 1. The number of nitrogens with zero attached hydrogens (tertiary/aromatic N) is 1. The van der Waals surface area contributed by atoms with Crippen molar-refractivity contribution in [3.05, 3.63) is 36.5 Å². The summed E-state index contributed by atoms with van der Waals surface area (Å²) in [5.41, 5.74) is 0. The van der Waals surface area contributed by atoms with Crippen molar-refractivity contribution in [2.24, 2.45) is 0 Å². The summed E-state index contributed by atoms with van der Waals surface area (Å²) in [5.74, 6) is -0.202. The monoisotopic (exact) mass is 839 g/mol. The van der Waals surface area contributed by atoms with Gasteiger partial charge in [0.05, 0.1) is 39.9 Å². The molecule has 342 valence electrons. The van der Waals surface area contributed by atoms with Crippen molar-refractivity contribution in [3.8, 4) is 0 Å². The lowest BCUT2D eigenvalue weighted by Gasteiger charge is -2.29. The third-order valence-corrected chi connectivity index (χ3v) is 11.8. The average molecular weight is 839 g/mol. The van der Waals surface area contributed by atoms with Crippen LogP contribution in [-0.2, 0) is 18.4 Å². The average Bonchev–Trinajstić information content (AvgIpc) is 3.17. The van der Waals surface area contributed by atoms with Crippen LogP contribution in [0.15, 0.2) is 36.5 Å². The number of carbonyl (C=O) groups is 1. The molecule has 0 saturated carbocycles. The number of phosphoric ester groups is 1. The topological polar surface area (TPSA) is 108 Å². The number of likely N-dealkylation sites (N-methyl/N-ethyl adjacent to an activating group) is 1. The third-order valence-electron chi connectivity index (χ3n) is 10.8. The lowest BCUT2D eigenvalue weighted by Crippen LogP contribution is -2.45. The summed E-state index contributed by atoms with van der Waals surface area (Å²) < 4.78 is 23.2. The number of phosphoric acid groups is 1. The van der Waals surface area contributed by atoms with Gasteiger partial charge in [-0.2, -0.15) is 0 Å². The molecule has 3 atom stereocenters. The molecule has 0 heterocycles. The van der Waals surface area contributed by atoms with Crippen LogP contribution in [0.25, 0.3) is 0 Å². The second-order valence-corrected chi connectivity index (χ2v) is 19.2.